The number of aryl methyl sites for hydroxylation is 2. The lowest BCUT2D eigenvalue weighted by atomic mass is 10.1. The summed E-state index contributed by atoms with van der Waals surface area (Å²) in [6, 6.07) is 5.98. The number of hydrogen-bond acceptors (Lipinski definition) is 3. The van der Waals surface area contributed by atoms with Gasteiger partial charge in [-0.05, 0) is 49.9 Å². The minimum atomic E-state index is -3.17. The number of rotatable bonds is 4. The fourth-order valence-corrected chi connectivity index (χ4v) is 4.04. The minimum Gasteiger partial charge on any atom is -0.370 e. The van der Waals surface area contributed by atoms with Crippen molar-refractivity contribution in [3.63, 3.8) is 0 Å². The van der Waals surface area contributed by atoms with Gasteiger partial charge in [0.15, 0.2) is 5.96 Å². The molecule has 1 fully saturated rings. The second-order valence-corrected chi connectivity index (χ2v) is 7.83. The Kier molecular flexibility index (Phi) is 7.28. The average Bonchev–Trinajstić information content (AvgIpc) is 2.83. The lowest BCUT2D eigenvalue weighted by Crippen LogP contribution is -2.37. The van der Waals surface area contributed by atoms with Gasteiger partial charge in [-0.1, -0.05) is 6.07 Å². The predicted molar refractivity (Wildman–Crippen MR) is 106 cm³/mol. The Labute approximate surface area is 155 Å². The fraction of sp³-hybridized carbons (Fsp3) is 0.533. The van der Waals surface area contributed by atoms with Gasteiger partial charge in [0.1, 0.15) is 0 Å². The molecule has 1 saturated heterocycles. The zero-order chi connectivity index (χ0) is 16.3. The van der Waals surface area contributed by atoms with E-state index in [1.165, 1.54) is 10.6 Å². The Balaban J connectivity index is 0.00000264. The van der Waals surface area contributed by atoms with Crippen molar-refractivity contribution in [3.05, 3.63) is 29.3 Å². The molecule has 130 valence electrons. The van der Waals surface area contributed by atoms with Crippen LogP contribution in [0.4, 0.5) is 5.69 Å². The summed E-state index contributed by atoms with van der Waals surface area (Å²) in [7, 11) is -3.17. The van der Waals surface area contributed by atoms with Gasteiger partial charge in [-0.15, -0.1) is 24.0 Å². The number of aliphatic imine (C=N–C) groups is 1. The summed E-state index contributed by atoms with van der Waals surface area (Å²) in [6.07, 6.45) is 2.94. The van der Waals surface area contributed by atoms with Crippen LogP contribution in [-0.2, 0) is 10.0 Å². The first-order valence-electron chi connectivity index (χ1n) is 7.38. The standard InChI is InChI=1S/C15H24N4O2S.HI/c1-11-7-12(2)9-13(8-11)18-15(16)17-10-14-5-4-6-19(14)22(3,20)21;/h7-9,14H,4-6,10H2,1-3H3,(H3,16,17,18);1H/t14-;/m1./s1. The van der Waals surface area contributed by atoms with Gasteiger partial charge in [-0.3, -0.25) is 4.99 Å². The Morgan fingerprint density at radius 2 is 1.96 bits per heavy atom. The molecule has 1 aliphatic heterocycles. The number of nitrogens with zero attached hydrogens (tertiary/aromatic N) is 2. The van der Waals surface area contributed by atoms with E-state index in [0.29, 0.717) is 19.0 Å². The normalized spacial score (nSPS) is 19.4. The van der Waals surface area contributed by atoms with Gasteiger partial charge in [-0.25, -0.2) is 8.42 Å². The Morgan fingerprint density at radius 1 is 1.35 bits per heavy atom. The second-order valence-electron chi connectivity index (χ2n) is 5.90. The Bertz CT molecular complexity index is 656. The van der Waals surface area contributed by atoms with Crippen LogP contribution in [0.5, 0.6) is 0 Å². The molecular weight excluding hydrogens is 427 g/mol. The van der Waals surface area contributed by atoms with Gasteiger partial charge in [0.25, 0.3) is 0 Å². The monoisotopic (exact) mass is 452 g/mol. The topological polar surface area (TPSA) is 87.8 Å². The molecule has 1 aromatic rings. The molecule has 0 saturated carbocycles. The molecule has 6 nitrogen and oxygen atoms in total. The van der Waals surface area contributed by atoms with E-state index in [0.717, 1.165) is 29.7 Å². The molecule has 2 rings (SSSR count). The van der Waals surface area contributed by atoms with Crippen molar-refractivity contribution in [3.8, 4) is 0 Å². The zero-order valence-corrected chi connectivity index (χ0v) is 16.9. The highest BCUT2D eigenvalue weighted by Crippen LogP contribution is 2.20. The van der Waals surface area contributed by atoms with Gasteiger partial charge in [0, 0.05) is 18.3 Å². The van der Waals surface area contributed by atoms with Crippen LogP contribution in [0.15, 0.2) is 23.2 Å². The third-order valence-corrected chi connectivity index (χ3v) is 5.05. The number of benzene rings is 1. The van der Waals surface area contributed by atoms with Crippen LogP contribution in [0.25, 0.3) is 0 Å². The number of anilines is 1. The van der Waals surface area contributed by atoms with Crippen LogP contribution in [0.3, 0.4) is 0 Å². The second kappa shape index (κ2) is 8.29. The fourth-order valence-electron chi connectivity index (χ4n) is 2.87. The van der Waals surface area contributed by atoms with Crippen LogP contribution in [0, 0.1) is 13.8 Å². The number of guanidine groups is 1. The van der Waals surface area contributed by atoms with Crippen molar-refractivity contribution in [2.24, 2.45) is 10.7 Å². The summed E-state index contributed by atoms with van der Waals surface area (Å²) >= 11 is 0. The van der Waals surface area contributed by atoms with Gasteiger partial charge in [0.05, 0.1) is 12.8 Å². The molecule has 1 aliphatic rings. The summed E-state index contributed by atoms with van der Waals surface area (Å²) in [5, 5.41) is 3.06. The minimum absolute atomic E-state index is 0. The molecule has 23 heavy (non-hydrogen) atoms. The number of halogens is 1. The van der Waals surface area contributed by atoms with Crippen molar-refractivity contribution < 1.29 is 8.42 Å². The Hall–Kier alpha value is -0.870. The van der Waals surface area contributed by atoms with Crippen LogP contribution < -0.4 is 11.1 Å². The number of sulfonamides is 1. The van der Waals surface area contributed by atoms with Crippen LogP contribution >= 0.6 is 24.0 Å². The molecule has 0 bridgehead atoms. The molecule has 0 aliphatic carbocycles. The predicted octanol–water partition coefficient (Wildman–Crippen LogP) is 2.07. The van der Waals surface area contributed by atoms with Gasteiger partial charge >= 0.3 is 0 Å². The molecule has 0 spiro atoms. The Morgan fingerprint density at radius 3 is 2.52 bits per heavy atom. The molecule has 3 N–H and O–H groups in total. The molecular formula is C15H25IN4O2S. The molecule has 1 atom stereocenters. The van der Waals surface area contributed by atoms with Crippen molar-refractivity contribution in [1.82, 2.24) is 4.31 Å². The molecule has 0 aromatic heterocycles. The number of nitrogens with one attached hydrogen (secondary N) is 1. The SMILES string of the molecule is Cc1cc(C)cc(NC(N)=NC[C@H]2CCCN2S(C)(=O)=O)c1.I. The molecule has 1 heterocycles. The first-order chi connectivity index (χ1) is 10.3. The van der Waals surface area contributed by atoms with Gasteiger partial charge < -0.3 is 11.1 Å². The highest BCUT2D eigenvalue weighted by Gasteiger charge is 2.30. The van der Waals surface area contributed by atoms with Gasteiger partial charge in [-0.2, -0.15) is 4.31 Å². The summed E-state index contributed by atoms with van der Waals surface area (Å²) in [5.41, 5.74) is 9.10. The lowest BCUT2D eigenvalue weighted by Gasteiger charge is -2.20. The maximum atomic E-state index is 11.7. The number of nitrogens with two attached hydrogens (primary N) is 1. The van der Waals surface area contributed by atoms with E-state index in [1.54, 1.807) is 0 Å². The molecule has 1 aromatic carbocycles. The first kappa shape index (κ1) is 20.2. The number of hydrogen-bond donors (Lipinski definition) is 2. The van der Waals surface area contributed by atoms with E-state index in [2.05, 4.69) is 16.4 Å². The van der Waals surface area contributed by atoms with Crippen molar-refractivity contribution in [2.45, 2.75) is 32.7 Å². The summed E-state index contributed by atoms with van der Waals surface area (Å²) in [4.78, 5) is 4.30. The summed E-state index contributed by atoms with van der Waals surface area (Å²) in [6.45, 7) is 5.00. The largest absolute Gasteiger partial charge is 0.370 e. The average molecular weight is 452 g/mol. The quantitative estimate of drug-likeness (QED) is 0.416. The van der Waals surface area contributed by atoms with E-state index in [9.17, 15) is 8.42 Å². The van der Waals surface area contributed by atoms with E-state index < -0.39 is 10.0 Å². The summed E-state index contributed by atoms with van der Waals surface area (Å²) < 4.78 is 24.9. The molecule has 8 heteroatoms. The molecule has 0 radical (unpaired) electrons. The molecule has 0 amide bonds. The maximum Gasteiger partial charge on any atom is 0.211 e. The van der Waals surface area contributed by atoms with E-state index in [4.69, 9.17) is 5.73 Å². The third-order valence-electron chi connectivity index (χ3n) is 3.72. The zero-order valence-electron chi connectivity index (χ0n) is 13.7. The smallest absolute Gasteiger partial charge is 0.211 e. The molecule has 0 unspecified atom stereocenters. The van der Waals surface area contributed by atoms with E-state index in [-0.39, 0.29) is 30.0 Å². The first-order valence-corrected chi connectivity index (χ1v) is 9.22. The van der Waals surface area contributed by atoms with E-state index >= 15 is 0 Å². The summed E-state index contributed by atoms with van der Waals surface area (Å²) in [5.74, 6) is 0.311. The lowest BCUT2D eigenvalue weighted by molar-refractivity contribution is 0.397. The highest BCUT2D eigenvalue weighted by atomic mass is 127. The van der Waals surface area contributed by atoms with Crippen molar-refractivity contribution in [2.75, 3.05) is 24.7 Å². The van der Waals surface area contributed by atoms with Crippen molar-refractivity contribution >= 4 is 45.6 Å². The maximum absolute atomic E-state index is 11.7. The van der Waals surface area contributed by atoms with Crippen LogP contribution in [0.2, 0.25) is 0 Å². The van der Waals surface area contributed by atoms with Crippen LogP contribution in [-0.4, -0.2) is 44.1 Å². The van der Waals surface area contributed by atoms with E-state index in [1.807, 2.05) is 26.0 Å². The van der Waals surface area contributed by atoms with Crippen molar-refractivity contribution in [1.29, 1.82) is 0 Å². The van der Waals surface area contributed by atoms with Gasteiger partial charge in [0.2, 0.25) is 10.0 Å². The van der Waals surface area contributed by atoms with Crippen LogP contribution in [0.1, 0.15) is 24.0 Å². The highest BCUT2D eigenvalue weighted by molar-refractivity contribution is 14.0. The third kappa shape index (κ3) is 5.92.